The van der Waals surface area contributed by atoms with Crippen molar-refractivity contribution < 1.29 is 9.72 Å². The zero-order valence-corrected chi connectivity index (χ0v) is 10.8. The summed E-state index contributed by atoms with van der Waals surface area (Å²) < 4.78 is 0. The number of carbonyl (C=O) groups is 1. The molecule has 1 aliphatic heterocycles. The number of amides is 1. The van der Waals surface area contributed by atoms with Gasteiger partial charge in [-0.05, 0) is 31.9 Å². The molecule has 0 aromatic heterocycles. The van der Waals surface area contributed by atoms with E-state index in [4.69, 9.17) is 5.73 Å². The Morgan fingerprint density at radius 3 is 2.84 bits per heavy atom. The molecule has 19 heavy (non-hydrogen) atoms. The van der Waals surface area contributed by atoms with Gasteiger partial charge in [0.25, 0.3) is 11.6 Å². The molecule has 0 saturated carbocycles. The van der Waals surface area contributed by atoms with E-state index in [9.17, 15) is 14.9 Å². The Balaban J connectivity index is 2.19. The molecule has 1 heterocycles. The third kappa shape index (κ3) is 2.90. The molecule has 2 rings (SSSR count). The largest absolute Gasteiger partial charge is 0.337 e. The van der Waals surface area contributed by atoms with Gasteiger partial charge in [0.15, 0.2) is 0 Å². The molecule has 6 nitrogen and oxygen atoms in total. The summed E-state index contributed by atoms with van der Waals surface area (Å²) in [7, 11) is 0. The van der Waals surface area contributed by atoms with E-state index in [1.54, 1.807) is 17.9 Å². The maximum absolute atomic E-state index is 12.3. The lowest BCUT2D eigenvalue weighted by atomic mass is 10.0. The van der Waals surface area contributed by atoms with Crippen molar-refractivity contribution in [3.63, 3.8) is 0 Å². The molecule has 6 heteroatoms. The van der Waals surface area contributed by atoms with Gasteiger partial charge in [-0.1, -0.05) is 0 Å². The van der Waals surface area contributed by atoms with E-state index in [1.165, 1.54) is 12.1 Å². The number of nitro groups is 1. The Bertz CT molecular complexity index is 516. The first kappa shape index (κ1) is 13.5. The SMILES string of the molecule is Cc1cc(C(=O)N2CCCC(N)C2)ccc1[N+](=O)[O-]. The van der Waals surface area contributed by atoms with Gasteiger partial charge in [0.1, 0.15) is 0 Å². The molecule has 102 valence electrons. The molecule has 1 aromatic carbocycles. The Morgan fingerprint density at radius 1 is 1.53 bits per heavy atom. The number of piperidine rings is 1. The molecule has 1 atom stereocenters. The average molecular weight is 263 g/mol. The normalized spacial score (nSPS) is 19.3. The number of rotatable bonds is 2. The summed E-state index contributed by atoms with van der Waals surface area (Å²) in [5, 5.41) is 10.7. The van der Waals surface area contributed by atoms with Crippen LogP contribution >= 0.6 is 0 Å². The summed E-state index contributed by atoms with van der Waals surface area (Å²) in [6.45, 7) is 2.88. The highest BCUT2D eigenvalue weighted by Gasteiger charge is 2.23. The second kappa shape index (κ2) is 5.36. The lowest BCUT2D eigenvalue weighted by Crippen LogP contribution is -2.45. The molecule has 0 bridgehead atoms. The first-order valence-electron chi connectivity index (χ1n) is 6.29. The standard InChI is InChI=1S/C13H17N3O3/c1-9-7-10(4-5-12(9)16(18)19)13(17)15-6-2-3-11(14)8-15/h4-5,7,11H,2-3,6,8,14H2,1H3. The van der Waals surface area contributed by atoms with E-state index in [0.29, 0.717) is 24.2 Å². The average Bonchev–Trinajstić information content (AvgIpc) is 2.37. The maximum Gasteiger partial charge on any atom is 0.272 e. The molecule has 0 radical (unpaired) electrons. The lowest BCUT2D eigenvalue weighted by molar-refractivity contribution is -0.385. The van der Waals surface area contributed by atoms with Crippen molar-refractivity contribution in [1.82, 2.24) is 4.90 Å². The highest BCUT2D eigenvalue weighted by molar-refractivity contribution is 5.94. The minimum Gasteiger partial charge on any atom is -0.337 e. The van der Waals surface area contributed by atoms with Gasteiger partial charge in [0.2, 0.25) is 0 Å². The fraction of sp³-hybridized carbons (Fsp3) is 0.462. The summed E-state index contributed by atoms with van der Waals surface area (Å²) in [6.07, 6.45) is 1.84. The van der Waals surface area contributed by atoms with E-state index < -0.39 is 4.92 Å². The molecule has 0 aliphatic carbocycles. The molecular weight excluding hydrogens is 246 g/mol. The summed E-state index contributed by atoms with van der Waals surface area (Å²) >= 11 is 0. The van der Waals surface area contributed by atoms with Crippen molar-refractivity contribution in [3.05, 3.63) is 39.4 Å². The molecule has 1 aliphatic rings. The van der Waals surface area contributed by atoms with Gasteiger partial charge in [-0.15, -0.1) is 0 Å². The topological polar surface area (TPSA) is 89.5 Å². The Morgan fingerprint density at radius 2 is 2.26 bits per heavy atom. The van der Waals surface area contributed by atoms with Crippen LogP contribution in [-0.4, -0.2) is 34.9 Å². The second-order valence-electron chi connectivity index (χ2n) is 4.91. The van der Waals surface area contributed by atoms with Crippen molar-refractivity contribution in [3.8, 4) is 0 Å². The Hall–Kier alpha value is -1.95. The highest BCUT2D eigenvalue weighted by Crippen LogP contribution is 2.20. The number of aryl methyl sites for hydroxylation is 1. The monoisotopic (exact) mass is 263 g/mol. The Labute approximate surface area is 111 Å². The van der Waals surface area contributed by atoms with Gasteiger partial charge in [0, 0.05) is 36.3 Å². The molecule has 1 amide bonds. The minimum atomic E-state index is -0.444. The Kier molecular flexibility index (Phi) is 3.80. The summed E-state index contributed by atoms with van der Waals surface area (Å²) in [4.78, 5) is 24.3. The molecular formula is C13H17N3O3. The first-order chi connectivity index (χ1) is 8.99. The van der Waals surface area contributed by atoms with Crippen LogP contribution in [0.25, 0.3) is 0 Å². The highest BCUT2D eigenvalue weighted by atomic mass is 16.6. The van der Waals surface area contributed by atoms with E-state index in [0.717, 1.165) is 12.8 Å². The molecule has 0 spiro atoms. The second-order valence-corrected chi connectivity index (χ2v) is 4.91. The van der Waals surface area contributed by atoms with Crippen LogP contribution < -0.4 is 5.73 Å². The van der Waals surface area contributed by atoms with Crippen LogP contribution in [0, 0.1) is 17.0 Å². The number of hydrogen-bond acceptors (Lipinski definition) is 4. The van der Waals surface area contributed by atoms with Crippen molar-refractivity contribution in [2.24, 2.45) is 5.73 Å². The fourth-order valence-corrected chi connectivity index (χ4v) is 2.37. The minimum absolute atomic E-state index is 0.0249. The van der Waals surface area contributed by atoms with Crippen LogP contribution in [0.2, 0.25) is 0 Å². The number of nitrogens with two attached hydrogens (primary N) is 1. The van der Waals surface area contributed by atoms with E-state index in [1.807, 2.05) is 0 Å². The number of carbonyl (C=O) groups excluding carboxylic acids is 1. The van der Waals surface area contributed by atoms with Gasteiger partial charge in [-0.25, -0.2) is 0 Å². The molecule has 1 aromatic rings. The van der Waals surface area contributed by atoms with Crippen molar-refractivity contribution in [1.29, 1.82) is 0 Å². The molecule has 1 unspecified atom stereocenters. The van der Waals surface area contributed by atoms with Crippen LogP contribution in [0.3, 0.4) is 0 Å². The number of hydrogen-bond donors (Lipinski definition) is 1. The smallest absolute Gasteiger partial charge is 0.272 e. The number of nitro benzene ring substituents is 1. The lowest BCUT2D eigenvalue weighted by Gasteiger charge is -2.30. The third-order valence-corrected chi connectivity index (χ3v) is 3.39. The van der Waals surface area contributed by atoms with Gasteiger partial charge in [-0.2, -0.15) is 0 Å². The predicted octanol–water partition coefficient (Wildman–Crippen LogP) is 1.47. The van der Waals surface area contributed by atoms with Crippen LogP contribution in [0.4, 0.5) is 5.69 Å². The van der Waals surface area contributed by atoms with Crippen LogP contribution in [0.1, 0.15) is 28.8 Å². The van der Waals surface area contributed by atoms with Gasteiger partial charge in [-0.3, -0.25) is 14.9 Å². The van der Waals surface area contributed by atoms with Gasteiger partial charge < -0.3 is 10.6 Å². The van der Waals surface area contributed by atoms with Gasteiger partial charge in [0.05, 0.1) is 4.92 Å². The van der Waals surface area contributed by atoms with Gasteiger partial charge >= 0.3 is 0 Å². The molecule has 2 N–H and O–H groups in total. The number of nitrogens with zero attached hydrogens (tertiary/aromatic N) is 2. The van der Waals surface area contributed by atoms with E-state index >= 15 is 0 Å². The van der Waals surface area contributed by atoms with Crippen LogP contribution in [0.15, 0.2) is 18.2 Å². The predicted molar refractivity (Wildman–Crippen MR) is 70.9 cm³/mol. The summed E-state index contributed by atoms with van der Waals surface area (Å²) in [6, 6.07) is 4.48. The fourth-order valence-electron chi connectivity index (χ4n) is 2.37. The van der Waals surface area contributed by atoms with Crippen molar-refractivity contribution in [2.45, 2.75) is 25.8 Å². The molecule has 1 saturated heterocycles. The van der Waals surface area contributed by atoms with Crippen molar-refractivity contribution >= 4 is 11.6 Å². The zero-order chi connectivity index (χ0) is 14.0. The maximum atomic E-state index is 12.3. The molecule has 1 fully saturated rings. The van der Waals surface area contributed by atoms with Crippen LogP contribution in [-0.2, 0) is 0 Å². The quantitative estimate of drug-likeness (QED) is 0.646. The van der Waals surface area contributed by atoms with Crippen LogP contribution in [0.5, 0.6) is 0 Å². The zero-order valence-electron chi connectivity index (χ0n) is 10.8. The van der Waals surface area contributed by atoms with E-state index in [2.05, 4.69) is 0 Å². The van der Waals surface area contributed by atoms with E-state index in [-0.39, 0.29) is 17.6 Å². The number of likely N-dealkylation sites (tertiary alicyclic amines) is 1. The summed E-state index contributed by atoms with van der Waals surface area (Å²) in [5.41, 5.74) is 6.87. The number of benzene rings is 1. The van der Waals surface area contributed by atoms with Crippen molar-refractivity contribution in [2.75, 3.05) is 13.1 Å². The first-order valence-corrected chi connectivity index (χ1v) is 6.29. The third-order valence-electron chi connectivity index (χ3n) is 3.39. The summed E-state index contributed by atoms with van der Waals surface area (Å²) in [5.74, 6) is -0.104.